The average Bonchev–Trinajstić information content (AvgIpc) is 2.85. The van der Waals surface area contributed by atoms with Crippen LogP contribution in [0.15, 0.2) is 53.7 Å². The summed E-state index contributed by atoms with van der Waals surface area (Å²) < 4.78 is 4.96. The summed E-state index contributed by atoms with van der Waals surface area (Å²) >= 11 is 0. The zero-order valence-corrected chi connectivity index (χ0v) is 18.4. The van der Waals surface area contributed by atoms with Crippen molar-refractivity contribution < 1.29 is 19.1 Å². The van der Waals surface area contributed by atoms with Crippen LogP contribution in [0.2, 0.25) is 0 Å². The molecule has 0 bridgehead atoms. The summed E-state index contributed by atoms with van der Waals surface area (Å²) in [6, 6.07) is 11.4. The maximum absolute atomic E-state index is 12.8. The van der Waals surface area contributed by atoms with Crippen LogP contribution < -0.4 is 15.5 Å². The Kier molecular flexibility index (Phi) is 6.82. The maximum Gasteiger partial charge on any atom is 0.338 e. The molecule has 10 nitrogen and oxygen atoms in total. The van der Waals surface area contributed by atoms with Gasteiger partial charge in [-0.15, -0.1) is 0 Å². The summed E-state index contributed by atoms with van der Waals surface area (Å²) in [5.74, 6) is 0.294. The van der Waals surface area contributed by atoms with Crippen molar-refractivity contribution in [3.05, 3.63) is 54.2 Å². The lowest BCUT2D eigenvalue weighted by Gasteiger charge is -2.38. The number of hydrogen-bond donors (Lipinski definition) is 2. The molecule has 0 saturated carbocycles. The first-order valence-electron chi connectivity index (χ1n) is 10.9. The van der Waals surface area contributed by atoms with Gasteiger partial charge in [-0.3, -0.25) is 14.9 Å². The quantitative estimate of drug-likeness (QED) is 0.659. The van der Waals surface area contributed by atoms with Crippen molar-refractivity contribution in [2.24, 2.45) is 4.99 Å². The Morgan fingerprint density at radius 3 is 2.48 bits per heavy atom. The van der Waals surface area contributed by atoms with E-state index in [1.807, 2.05) is 23.1 Å². The second kappa shape index (κ2) is 10.1. The highest BCUT2D eigenvalue weighted by Crippen LogP contribution is 2.16. The van der Waals surface area contributed by atoms with Crippen molar-refractivity contribution in [3.63, 3.8) is 0 Å². The number of nitrogens with zero attached hydrogens (tertiary/aromatic N) is 4. The van der Waals surface area contributed by atoms with Gasteiger partial charge in [-0.25, -0.2) is 14.8 Å². The normalized spacial score (nSPS) is 18.3. The molecule has 1 fully saturated rings. The molecule has 2 aliphatic heterocycles. The standard InChI is InChI=1S/C23H26N6O4/c1-2-33-22(32)16-6-8-17(9-7-16)25-21(31)18-15-20(30)27-23(26-18)29-13-11-28(12-14-29)19-5-3-4-10-24-19/h3-10,18H,2,11-15H2,1H3,(H,25,31)(H,26,27,30). The van der Waals surface area contributed by atoms with E-state index < -0.39 is 12.0 Å². The summed E-state index contributed by atoms with van der Waals surface area (Å²) in [5.41, 5.74) is 0.914. The van der Waals surface area contributed by atoms with Crippen LogP contribution in [-0.2, 0) is 14.3 Å². The first-order valence-corrected chi connectivity index (χ1v) is 10.9. The Morgan fingerprint density at radius 1 is 1.09 bits per heavy atom. The van der Waals surface area contributed by atoms with Crippen LogP contribution in [0, 0.1) is 0 Å². The lowest BCUT2D eigenvalue weighted by Crippen LogP contribution is -2.56. The maximum atomic E-state index is 12.8. The number of amides is 2. The fraction of sp³-hybridized carbons (Fsp3) is 0.348. The molecule has 10 heteroatoms. The molecule has 0 aliphatic carbocycles. The predicted octanol–water partition coefficient (Wildman–Crippen LogP) is 1.26. The molecule has 2 aromatic rings. The number of piperazine rings is 1. The highest BCUT2D eigenvalue weighted by Gasteiger charge is 2.30. The minimum absolute atomic E-state index is 0.0237. The number of nitrogens with one attached hydrogen (secondary N) is 2. The van der Waals surface area contributed by atoms with E-state index in [1.165, 1.54) is 0 Å². The van der Waals surface area contributed by atoms with Crippen molar-refractivity contribution in [1.82, 2.24) is 15.2 Å². The van der Waals surface area contributed by atoms with Gasteiger partial charge in [0.15, 0.2) is 0 Å². The SMILES string of the molecule is CCOC(=O)c1ccc(NC(=O)C2CC(=O)NC(N3CCN(c4ccccn4)CC3)=N2)cc1. The summed E-state index contributed by atoms with van der Waals surface area (Å²) in [5, 5.41) is 5.56. The molecule has 4 rings (SSSR count). The highest BCUT2D eigenvalue weighted by atomic mass is 16.5. The molecule has 1 aromatic heterocycles. The number of esters is 1. The average molecular weight is 450 g/mol. The third kappa shape index (κ3) is 5.46. The second-order valence-corrected chi connectivity index (χ2v) is 7.67. The number of benzene rings is 1. The second-order valence-electron chi connectivity index (χ2n) is 7.67. The first kappa shape index (κ1) is 22.3. The largest absolute Gasteiger partial charge is 0.462 e. The predicted molar refractivity (Wildman–Crippen MR) is 123 cm³/mol. The minimum atomic E-state index is -0.827. The Hall–Kier alpha value is -3.95. The van der Waals surface area contributed by atoms with Gasteiger partial charge in [0.25, 0.3) is 0 Å². The summed E-state index contributed by atoms with van der Waals surface area (Å²) in [4.78, 5) is 49.9. The van der Waals surface area contributed by atoms with Crippen LogP contribution in [0.4, 0.5) is 11.5 Å². The van der Waals surface area contributed by atoms with Crippen LogP contribution in [0.1, 0.15) is 23.7 Å². The van der Waals surface area contributed by atoms with Crippen LogP contribution >= 0.6 is 0 Å². The molecule has 1 atom stereocenters. The first-order chi connectivity index (χ1) is 16.0. The Balaban J connectivity index is 1.37. The molecule has 172 valence electrons. The van der Waals surface area contributed by atoms with Gasteiger partial charge >= 0.3 is 5.97 Å². The summed E-state index contributed by atoms with van der Waals surface area (Å²) in [6.07, 6.45) is 1.74. The van der Waals surface area contributed by atoms with Gasteiger partial charge in [-0.1, -0.05) is 6.07 Å². The molecule has 1 saturated heterocycles. The topological polar surface area (TPSA) is 116 Å². The molecule has 0 spiro atoms. The number of pyridine rings is 1. The van der Waals surface area contributed by atoms with Gasteiger partial charge in [0.1, 0.15) is 11.9 Å². The summed E-state index contributed by atoms with van der Waals surface area (Å²) in [6.45, 7) is 4.80. The van der Waals surface area contributed by atoms with Gasteiger partial charge in [-0.2, -0.15) is 0 Å². The third-order valence-corrected chi connectivity index (χ3v) is 5.43. The van der Waals surface area contributed by atoms with Crippen LogP contribution in [0.25, 0.3) is 0 Å². The van der Waals surface area contributed by atoms with E-state index in [0.717, 1.165) is 18.9 Å². The van der Waals surface area contributed by atoms with E-state index in [2.05, 4.69) is 25.5 Å². The zero-order chi connectivity index (χ0) is 23.2. The summed E-state index contributed by atoms with van der Waals surface area (Å²) in [7, 11) is 0. The van der Waals surface area contributed by atoms with Crippen molar-refractivity contribution in [3.8, 4) is 0 Å². The Bertz CT molecular complexity index is 1030. The minimum Gasteiger partial charge on any atom is -0.462 e. The van der Waals surface area contributed by atoms with E-state index in [4.69, 9.17) is 4.74 Å². The fourth-order valence-electron chi connectivity index (χ4n) is 3.71. The van der Waals surface area contributed by atoms with Gasteiger partial charge in [0.2, 0.25) is 17.8 Å². The van der Waals surface area contributed by atoms with Gasteiger partial charge in [0.05, 0.1) is 18.6 Å². The number of ether oxygens (including phenoxy) is 1. The number of anilines is 2. The lowest BCUT2D eigenvalue weighted by molar-refractivity contribution is -0.125. The van der Waals surface area contributed by atoms with E-state index in [1.54, 1.807) is 37.4 Å². The van der Waals surface area contributed by atoms with Crippen LogP contribution in [-0.4, -0.2) is 72.5 Å². The van der Waals surface area contributed by atoms with E-state index in [0.29, 0.717) is 36.9 Å². The molecule has 3 heterocycles. The van der Waals surface area contributed by atoms with Crippen molar-refractivity contribution in [2.45, 2.75) is 19.4 Å². The van der Waals surface area contributed by atoms with E-state index in [9.17, 15) is 14.4 Å². The van der Waals surface area contributed by atoms with Gasteiger partial charge in [-0.05, 0) is 43.3 Å². The molecule has 1 aromatic carbocycles. The molecule has 2 amide bonds. The number of aromatic nitrogens is 1. The van der Waals surface area contributed by atoms with Crippen LogP contribution in [0.3, 0.4) is 0 Å². The molecule has 2 aliphatic rings. The van der Waals surface area contributed by atoms with Crippen molar-refractivity contribution >= 4 is 35.2 Å². The molecular formula is C23H26N6O4. The molecule has 2 N–H and O–H groups in total. The molecule has 1 unspecified atom stereocenters. The monoisotopic (exact) mass is 450 g/mol. The third-order valence-electron chi connectivity index (χ3n) is 5.43. The number of guanidine groups is 1. The van der Waals surface area contributed by atoms with Gasteiger partial charge in [0, 0.05) is 38.1 Å². The van der Waals surface area contributed by atoms with Crippen molar-refractivity contribution in [2.75, 3.05) is 43.0 Å². The van der Waals surface area contributed by atoms with E-state index in [-0.39, 0.29) is 18.2 Å². The number of carbonyl (C=O) groups is 3. The highest BCUT2D eigenvalue weighted by molar-refractivity contribution is 6.06. The van der Waals surface area contributed by atoms with E-state index >= 15 is 0 Å². The number of carbonyl (C=O) groups excluding carboxylic acids is 3. The molecule has 0 radical (unpaired) electrons. The number of aliphatic imine (C=N–C) groups is 1. The lowest BCUT2D eigenvalue weighted by atomic mass is 10.1. The molecule has 33 heavy (non-hydrogen) atoms. The van der Waals surface area contributed by atoms with Crippen LogP contribution in [0.5, 0.6) is 0 Å². The zero-order valence-electron chi connectivity index (χ0n) is 18.4. The smallest absolute Gasteiger partial charge is 0.338 e. The Labute approximate surface area is 191 Å². The molecular weight excluding hydrogens is 424 g/mol. The fourth-order valence-corrected chi connectivity index (χ4v) is 3.71. The number of rotatable bonds is 5. The van der Waals surface area contributed by atoms with Crippen molar-refractivity contribution in [1.29, 1.82) is 0 Å². The number of hydrogen-bond acceptors (Lipinski definition) is 8. The Morgan fingerprint density at radius 2 is 1.82 bits per heavy atom. The van der Waals surface area contributed by atoms with Gasteiger partial charge < -0.3 is 19.9 Å².